The van der Waals surface area contributed by atoms with E-state index >= 15 is 0 Å². The smallest absolute Gasteiger partial charge is 0.303 e. The third-order valence-corrected chi connectivity index (χ3v) is 23.4. The lowest BCUT2D eigenvalue weighted by Gasteiger charge is -2.52. The second-order valence-corrected chi connectivity index (χ2v) is 28.0. The van der Waals surface area contributed by atoms with Gasteiger partial charge in [0.25, 0.3) is 16.6 Å². The van der Waals surface area contributed by atoms with E-state index in [1.165, 1.54) is 13.8 Å². The van der Waals surface area contributed by atoms with E-state index in [0.29, 0.717) is 30.9 Å². The van der Waals surface area contributed by atoms with Crippen LogP contribution in [-0.4, -0.2) is 64.4 Å². The molecule has 0 spiro atoms. The van der Waals surface area contributed by atoms with Crippen molar-refractivity contribution >= 4 is 60.9 Å². The van der Waals surface area contributed by atoms with Gasteiger partial charge in [-0.2, -0.15) is 0 Å². The molecule has 6 aromatic rings. The molecule has 7 rings (SSSR count). The molecule has 0 radical (unpaired) electrons. The van der Waals surface area contributed by atoms with Gasteiger partial charge in [-0.3, -0.25) is 9.59 Å². The number of esters is 2. The molecular formula is C57H65ClO8Si2. The number of carbonyl (C=O) groups is 2. The largest absolute Gasteiger partial charge is 0.494 e. The zero-order chi connectivity index (χ0) is 48.7. The quantitative estimate of drug-likeness (QED) is 0.0713. The summed E-state index contributed by atoms with van der Waals surface area (Å²) in [6.45, 7) is 16.1. The molecule has 1 aliphatic rings. The van der Waals surface area contributed by atoms with Crippen LogP contribution in [0.2, 0.25) is 15.1 Å². The Morgan fingerprint density at radius 2 is 1.13 bits per heavy atom. The maximum Gasteiger partial charge on any atom is 0.303 e. The highest BCUT2D eigenvalue weighted by atomic mass is 35.5. The Morgan fingerprint density at radius 1 is 0.647 bits per heavy atom. The highest BCUT2D eigenvalue weighted by Crippen LogP contribution is 2.47. The number of hydrogen-bond acceptors (Lipinski definition) is 8. The molecule has 1 heterocycles. The Morgan fingerprint density at radius 3 is 1.60 bits per heavy atom. The SMILES string of the molecule is CCOc1ccc(Cc2cc(C3OC(CCC(C)(C)[Si](O)(c4ccccc4)c4ccccc4)C(OC(C)=O)C(O[Si](c4ccccc4)(c4ccccc4)C(C)(C)C)C3OC(C)=O)ccc2Cl)cc1. The number of benzene rings is 6. The van der Waals surface area contributed by atoms with Crippen LogP contribution < -0.4 is 25.5 Å². The third kappa shape index (κ3) is 10.8. The molecule has 0 bridgehead atoms. The molecule has 1 aliphatic heterocycles. The normalized spacial score (nSPS) is 18.9. The van der Waals surface area contributed by atoms with Crippen LogP contribution >= 0.6 is 11.6 Å². The molecular weight excluding hydrogens is 904 g/mol. The first-order valence-electron chi connectivity index (χ1n) is 23.6. The van der Waals surface area contributed by atoms with Crippen LogP contribution in [-0.2, 0) is 34.6 Å². The van der Waals surface area contributed by atoms with Gasteiger partial charge < -0.3 is 28.2 Å². The summed E-state index contributed by atoms with van der Waals surface area (Å²) >= 11 is 6.99. The van der Waals surface area contributed by atoms with E-state index in [0.717, 1.165) is 43.2 Å². The minimum Gasteiger partial charge on any atom is -0.494 e. The van der Waals surface area contributed by atoms with Crippen molar-refractivity contribution in [1.82, 2.24) is 0 Å². The second-order valence-electron chi connectivity index (χ2n) is 19.5. The fraction of sp³-hybridized carbons (Fsp3) is 0.333. The number of hydrogen-bond donors (Lipinski definition) is 1. The Labute approximate surface area is 409 Å². The molecule has 356 valence electrons. The Hall–Kier alpha value is -5.34. The molecule has 68 heavy (non-hydrogen) atoms. The van der Waals surface area contributed by atoms with Gasteiger partial charge >= 0.3 is 11.9 Å². The molecule has 0 amide bonds. The predicted molar refractivity (Wildman–Crippen MR) is 276 cm³/mol. The van der Waals surface area contributed by atoms with Gasteiger partial charge in [0.15, 0.2) is 12.2 Å². The molecule has 1 fully saturated rings. The zero-order valence-corrected chi connectivity index (χ0v) is 43.2. The van der Waals surface area contributed by atoms with Crippen molar-refractivity contribution in [3.8, 4) is 5.75 Å². The van der Waals surface area contributed by atoms with E-state index in [2.05, 4.69) is 58.9 Å². The molecule has 5 atom stereocenters. The molecule has 1 saturated heterocycles. The summed E-state index contributed by atoms with van der Waals surface area (Å²) in [5, 5.41) is 3.19. The van der Waals surface area contributed by atoms with Crippen LogP contribution in [0.1, 0.15) is 91.0 Å². The second kappa shape index (κ2) is 21.5. The van der Waals surface area contributed by atoms with Crippen molar-refractivity contribution in [2.75, 3.05) is 6.61 Å². The van der Waals surface area contributed by atoms with E-state index in [4.69, 9.17) is 35.0 Å². The number of carbonyl (C=O) groups excluding carboxylic acids is 2. The number of ether oxygens (including phenoxy) is 4. The van der Waals surface area contributed by atoms with Crippen LogP contribution in [0.15, 0.2) is 164 Å². The van der Waals surface area contributed by atoms with Crippen LogP contribution in [0.25, 0.3) is 0 Å². The fourth-order valence-electron chi connectivity index (χ4n) is 10.1. The van der Waals surface area contributed by atoms with Crippen LogP contribution in [0.3, 0.4) is 0 Å². The fourth-order valence-corrected chi connectivity index (χ4v) is 18.7. The van der Waals surface area contributed by atoms with Crippen LogP contribution in [0.4, 0.5) is 0 Å². The molecule has 5 unspecified atom stereocenters. The summed E-state index contributed by atoms with van der Waals surface area (Å²) in [5.41, 5.74) is 2.61. The van der Waals surface area contributed by atoms with Gasteiger partial charge in [-0.15, -0.1) is 0 Å². The summed E-state index contributed by atoms with van der Waals surface area (Å²) in [4.78, 5) is 40.4. The number of halogens is 1. The Kier molecular flexibility index (Phi) is 16.0. The van der Waals surface area contributed by atoms with Crippen molar-refractivity contribution in [3.05, 3.63) is 186 Å². The monoisotopic (exact) mass is 968 g/mol. The van der Waals surface area contributed by atoms with E-state index < -0.39 is 69.2 Å². The Balaban J connectivity index is 1.41. The molecule has 1 N–H and O–H groups in total. The van der Waals surface area contributed by atoms with Crippen molar-refractivity contribution in [2.45, 2.75) is 115 Å². The van der Waals surface area contributed by atoms with Gasteiger partial charge in [-0.1, -0.05) is 192 Å². The van der Waals surface area contributed by atoms with E-state index in [1.54, 1.807) is 0 Å². The molecule has 0 saturated carbocycles. The predicted octanol–water partition coefficient (Wildman–Crippen LogP) is 9.89. The lowest BCUT2D eigenvalue weighted by molar-refractivity contribution is -0.239. The maximum atomic E-state index is 13.5. The first kappa shape index (κ1) is 50.5. The molecule has 0 aliphatic carbocycles. The first-order chi connectivity index (χ1) is 32.5. The minimum absolute atomic E-state index is 0.358. The topological polar surface area (TPSA) is 101 Å². The Bertz CT molecular complexity index is 2510. The van der Waals surface area contributed by atoms with E-state index in [9.17, 15) is 14.4 Å². The summed E-state index contributed by atoms with van der Waals surface area (Å²) in [6.07, 6.45) is -3.47. The first-order valence-corrected chi connectivity index (χ1v) is 27.8. The van der Waals surface area contributed by atoms with Crippen molar-refractivity contribution in [3.63, 3.8) is 0 Å². The van der Waals surface area contributed by atoms with Crippen LogP contribution in [0.5, 0.6) is 5.75 Å². The molecule has 11 heteroatoms. The van der Waals surface area contributed by atoms with Crippen molar-refractivity contribution in [1.29, 1.82) is 0 Å². The minimum atomic E-state index is -3.49. The summed E-state index contributed by atoms with van der Waals surface area (Å²) in [5.74, 6) is -0.276. The van der Waals surface area contributed by atoms with E-state index in [-0.39, 0.29) is 0 Å². The highest BCUT2D eigenvalue weighted by molar-refractivity contribution is 6.99. The molecule has 8 nitrogen and oxygen atoms in total. The lowest BCUT2D eigenvalue weighted by atomic mass is 9.87. The third-order valence-electron chi connectivity index (χ3n) is 13.4. The van der Waals surface area contributed by atoms with Crippen LogP contribution in [0, 0.1) is 0 Å². The van der Waals surface area contributed by atoms with Gasteiger partial charge in [-0.25, -0.2) is 0 Å². The maximum absolute atomic E-state index is 13.5. The zero-order valence-electron chi connectivity index (χ0n) is 40.5. The van der Waals surface area contributed by atoms with Crippen molar-refractivity contribution < 1.29 is 37.8 Å². The number of rotatable bonds is 17. The summed E-state index contributed by atoms with van der Waals surface area (Å²) in [6, 6.07) is 54.0. The van der Waals surface area contributed by atoms with Gasteiger partial charge in [0.05, 0.1) is 12.7 Å². The van der Waals surface area contributed by atoms with Gasteiger partial charge in [0, 0.05) is 18.9 Å². The van der Waals surface area contributed by atoms with E-state index in [1.807, 2.05) is 146 Å². The molecule has 6 aromatic carbocycles. The van der Waals surface area contributed by atoms with Gasteiger partial charge in [0.2, 0.25) is 0 Å². The standard InChI is InChI=1S/C57H65ClO8Si2/c1-9-62-45-33-30-42(31-34-45)38-44-39-43(32-35-50(44)58)52-54(64-41(3)60)55(66-68(56(4,5)6,48-26-18-12-19-27-48)49-28-20-13-21-29-49)53(63-40(2)59)51(65-52)36-37-57(7,8)67(61,46-22-14-10-15-23-46)47-24-16-11-17-25-47/h10-35,39,51-55,61H,9,36-38H2,1-8H3. The lowest BCUT2D eigenvalue weighted by Crippen LogP contribution is -2.71. The average Bonchev–Trinajstić information content (AvgIpc) is 3.32. The molecule has 0 aromatic heterocycles. The van der Waals surface area contributed by atoms with Crippen molar-refractivity contribution in [2.24, 2.45) is 0 Å². The summed E-state index contributed by atoms with van der Waals surface area (Å²) < 4.78 is 33.9. The van der Waals surface area contributed by atoms with Gasteiger partial charge in [0.1, 0.15) is 18.0 Å². The van der Waals surface area contributed by atoms with Gasteiger partial charge in [-0.05, 0) is 91.9 Å². The highest BCUT2D eigenvalue weighted by Gasteiger charge is 2.59. The summed E-state index contributed by atoms with van der Waals surface area (Å²) in [7, 11) is -6.94. The average molecular weight is 970 g/mol.